The third kappa shape index (κ3) is 2.25. The molecule has 1 aromatic rings. The zero-order chi connectivity index (χ0) is 10.7. The molecule has 0 N–H and O–H groups in total. The Kier molecular flexibility index (Phi) is 2.84. The first-order valence-corrected chi connectivity index (χ1v) is 4.99. The maximum Gasteiger partial charge on any atom is 0.155 e. The standard InChI is InChI=1S/C11H13N3O/c1-14-5-3-10(8-14)15-11-7-13-4-2-9(11)6-12/h2,4,7,10H,3,5,8H2,1H3. The molecule has 1 aliphatic heterocycles. The lowest BCUT2D eigenvalue weighted by molar-refractivity contribution is 0.207. The fraction of sp³-hybridized carbons (Fsp3) is 0.455. The molecule has 0 saturated carbocycles. The van der Waals surface area contributed by atoms with E-state index in [1.54, 1.807) is 18.5 Å². The number of aromatic nitrogens is 1. The Morgan fingerprint density at radius 1 is 1.67 bits per heavy atom. The highest BCUT2D eigenvalue weighted by atomic mass is 16.5. The summed E-state index contributed by atoms with van der Waals surface area (Å²) in [5.41, 5.74) is 0.555. The molecule has 78 valence electrons. The number of pyridine rings is 1. The predicted octanol–water partition coefficient (Wildman–Crippen LogP) is 1.04. The second-order valence-corrected chi connectivity index (χ2v) is 3.77. The van der Waals surface area contributed by atoms with Gasteiger partial charge in [0.25, 0.3) is 0 Å². The van der Waals surface area contributed by atoms with Gasteiger partial charge in [0.15, 0.2) is 5.75 Å². The lowest BCUT2D eigenvalue weighted by atomic mass is 10.2. The van der Waals surface area contributed by atoms with Crippen molar-refractivity contribution in [3.63, 3.8) is 0 Å². The molecule has 2 rings (SSSR count). The minimum Gasteiger partial charge on any atom is -0.486 e. The third-order valence-electron chi connectivity index (χ3n) is 2.55. The van der Waals surface area contributed by atoms with Crippen LogP contribution in [-0.4, -0.2) is 36.1 Å². The van der Waals surface area contributed by atoms with E-state index >= 15 is 0 Å². The van der Waals surface area contributed by atoms with E-state index < -0.39 is 0 Å². The van der Waals surface area contributed by atoms with Crippen molar-refractivity contribution < 1.29 is 4.74 Å². The summed E-state index contributed by atoms with van der Waals surface area (Å²) in [5.74, 6) is 0.598. The highest BCUT2D eigenvalue weighted by molar-refractivity contribution is 5.40. The lowest BCUT2D eigenvalue weighted by Crippen LogP contribution is -2.21. The van der Waals surface area contributed by atoms with Gasteiger partial charge in [0, 0.05) is 19.3 Å². The largest absolute Gasteiger partial charge is 0.486 e. The Morgan fingerprint density at radius 2 is 2.53 bits per heavy atom. The van der Waals surface area contributed by atoms with E-state index in [0.717, 1.165) is 19.5 Å². The minimum atomic E-state index is 0.186. The van der Waals surface area contributed by atoms with Crippen molar-refractivity contribution >= 4 is 0 Å². The molecule has 0 aromatic carbocycles. The second-order valence-electron chi connectivity index (χ2n) is 3.77. The zero-order valence-electron chi connectivity index (χ0n) is 8.68. The number of ether oxygens (including phenoxy) is 1. The van der Waals surface area contributed by atoms with Gasteiger partial charge in [-0.1, -0.05) is 0 Å². The van der Waals surface area contributed by atoms with Crippen molar-refractivity contribution in [1.82, 2.24) is 9.88 Å². The Labute approximate surface area is 89.1 Å². The van der Waals surface area contributed by atoms with E-state index in [0.29, 0.717) is 11.3 Å². The quantitative estimate of drug-likeness (QED) is 0.720. The number of nitriles is 1. The maximum absolute atomic E-state index is 8.88. The van der Waals surface area contributed by atoms with Crippen LogP contribution in [0.5, 0.6) is 5.75 Å². The van der Waals surface area contributed by atoms with E-state index in [1.165, 1.54) is 0 Å². The van der Waals surface area contributed by atoms with E-state index in [-0.39, 0.29) is 6.10 Å². The summed E-state index contributed by atoms with van der Waals surface area (Å²) in [6.07, 6.45) is 4.41. The zero-order valence-corrected chi connectivity index (χ0v) is 8.68. The molecule has 1 saturated heterocycles. The monoisotopic (exact) mass is 203 g/mol. The van der Waals surface area contributed by atoms with Gasteiger partial charge in [0.1, 0.15) is 12.2 Å². The van der Waals surface area contributed by atoms with Crippen LogP contribution in [0.15, 0.2) is 18.5 Å². The van der Waals surface area contributed by atoms with Crippen LogP contribution in [0.4, 0.5) is 0 Å². The van der Waals surface area contributed by atoms with Crippen LogP contribution in [-0.2, 0) is 0 Å². The van der Waals surface area contributed by atoms with E-state index in [2.05, 4.69) is 23.0 Å². The maximum atomic E-state index is 8.88. The molecular weight excluding hydrogens is 190 g/mol. The molecule has 0 aliphatic carbocycles. The third-order valence-corrected chi connectivity index (χ3v) is 2.55. The summed E-state index contributed by atoms with van der Waals surface area (Å²) >= 11 is 0. The molecule has 1 atom stereocenters. The lowest BCUT2D eigenvalue weighted by Gasteiger charge is -2.13. The molecule has 0 amide bonds. The number of likely N-dealkylation sites (N-methyl/N-ethyl adjacent to an activating group) is 1. The topological polar surface area (TPSA) is 49.1 Å². The number of hydrogen-bond acceptors (Lipinski definition) is 4. The van der Waals surface area contributed by atoms with Crippen molar-refractivity contribution in [1.29, 1.82) is 5.26 Å². The van der Waals surface area contributed by atoms with Crippen molar-refractivity contribution in [2.45, 2.75) is 12.5 Å². The Balaban J connectivity index is 2.08. The van der Waals surface area contributed by atoms with Crippen LogP contribution in [0.25, 0.3) is 0 Å². The second kappa shape index (κ2) is 4.28. The SMILES string of the molecule is CN1CCC(Oc2cnccc2C#N)C1. The summed E-state index contributed by atoms with van der Waals surface area (Å²) in [5, 5.41) is 8.88. The molecule has 1 aromatic heterocycles. The normalized spacial score (nSPS) is 21.2. The Bertz CT molecular complexity index is 386. The average Bonchev–Trinajstić information content (AvgIpc) is 2.65. The van der Waals surface area contributed by atoms with Gasteiger partial charge in [-0.3, -0.25) is 4.98 Å². The van der Waals surface area contributed by atoms with Gasteiger partial charge in [0.2, 0.25) is 0 Å². The van der Waals surface area contributed by atoms with Crippen molar-refractivity contribution in [3.8, 4) is 11.8 Å². The average molecular weight is 203 g/mol. The van der Waals surface area contributed by atoms with Crippen LogP contribution in [0, 0.1) is 11.3 Å². The molecule has 0 radical (unpaired) electrons. The molecule has 1 aliphatic rings. The first kappa shape index (κ1) is 9.94. The Hall–Kier alpha value is -1.60. The van der Waals surface area contributed by atoms with Crippen LogP contribution in [0.1, 0.15) is 12.0 Å². The highest BCUT2D eigenvalue weighted by Crippen LogP contribution is 2.20. The molecule has 1 unspecified atom stereocenters. The van der Waals surface area contributed by atoms with Gasteiger partial charge in [-0.05, 0) is 19.5 Å². The highest BCUT2D eigenvalue weighted by Gasteiger charge is 2.21. The van der Waals surface area contributed by atoms with E-state index in [4.69, 9.17) is 10.00 Å². The summed E-state index contributed by atoms with van der Waals surface area (Å²) in [7, 11) is 2.07. The van der Waals surface area contributed by atoms with Crippen LogP contribution < -0.4 is 4.74 Å². The van der Waals surface area contributed by atoms with Crippen LogP contribution in [0.2, 0.25) is 0 Å². The van der Waals surface area contributed by atoms with Gasteiger partial charge < -0.3 is 9.64 Å². The van der Waals surface area contributed by atoms with Gasteiger partial charge in [-0.2, -0.15) is 5.26 Å². The number of rotatable bonds is 2. The molecular formula is C11H13N3O. The van der Waals surface area contributed by atoms with Gasteiger partial charge in [-0.25, -0.2) is 0 Å². The van der Waals surface area contributed by atoms with Gasteiger partial charge in [0.05, 0.1) is 11.8 Å². The van der Waals surface area contributed by atoms with Crippen molar-refractivity contribution in [3.05, 3.63) is 24.0 Å². The molecule has 2 heterocycles. The van der Waals surface area contributed by atoms with E-state index in [1.807, 2.05) is 0 Å². The first-order valence-electron chi connectivity index (χ1n) is 4.99. The smallest absolute Gasteiger partial charge is 0.155 e. The number of likely N-dealkylation sites (tertiary alicyclic amines) is 1. The minimum absolute atomic E-state index is 0.186. The summed E-state index contributed by atoms with van der Waals surface area (Å²) in [6, 6.07) is 3.78. The van der Waals surface area contributed by atoms with Gasteiger partial charge in [-0.15, -0.1) is 0 Å². The fourth-order valence-corrected chi connectivity index (χ4v) is 1.74. The molecule has 1 fully saturated rings. The number of nitrogens with zero attached hydrogens (tertiary/aromatic N) is 3. The summed E-state index contributed by atoms with van der Waals surface area (Å²) in [4.78, 5) is 6.18. The number of hydrogen-bond donors (Lipinski definition) is 0. The van der Waals surface area contributed by atoms with Crippen molar-refractivity contribution in [2.75, 3.05) is 20.1 Å². The van der Waals surface area contributed by atoms with E-state index in [9.17, 15) is 0 Å². The molecule has 15 heavy (non-hydrogen) atoms. The molecule has 0 spiro atoms. The summed E-state index contributed by atoms with van der Waals surface area (Å²) < 4.78 is 5.74. The summed E-state index contributed by atoms with van der Waals surface area (Å²) in [6.45, 7) is 1.96. The van der Waals surface area contributed by atoms with Crippen LogP contribution in [0.3, 0.4) is 0 Å². The van der Waals surface area contributed by atoms with Crippen LogP contribution >= 0.6 is 0 Å². The van der Waals surface area contributed by atoms with Crippen molar-refractivity contribution in [2.24, 2.45) is 0 Å². The molecule has 4 nitrogen and oxygen atoms in total. The first-order chi connectivity index (χ1) is 7.29. The van der Waals surface area contributed by atoms with Gasteiger partial charge >= 0.3 is 0 Å². The molecule has 0 bridgehead atoms. The Morgan fingerprint density at radius 3 is 3.20 bits per heavy atom. The fourth-order valence-electron chi connectivity index (χ4n) is 1.74. The predicted molar refractivity (Wildman–Crippen MR) is 55.5 cm³/mol. The molecule has 4 heteroatoms.